The molecule has 2 N–H and O–H groups in total. The molecule has 1 atom stereocenters. The van der Waals surface area contributed by atoms with Gasteiger partial charge in [0.05, 0.1) is 6.54 Å². The lowest BCUT2D eigenvalue weighted by molar-refractivity contribution is -0.335. The number of aliphatic carboxylic acids is 1. The molecule has 12 nitrogen and oxygen atoms in total. The van der Waals surface area contributed by atoms with Crippen LogP contribution in [-0.4, -0.2) is 78.7 Å². The number of esters is 1. The maximum absolute atomic E-state index is 13.4. The van der Waals surface area contributed by atoms with Crippen molar-refractivity contribution in [2.24, 2.45) is 5.92 Å². The SMILES string of the molecule is CN(CC1CCC(OC(=O)C2(OOCC(=O)O)c3cccc(C(=O)CNC=O)c32)CC1)C(=O)OC(C)(C)C. The van der Waals surface area contributed by atoms with E-state index in [0.717, 1.165) is 0 Å². The van der Waals surface area contributed by atoms with Crippen molar-refractivity contribution < 1.29 is 48.3 Å². The molecule has 0 saturated heterocycles. The van der Waals surface area contributed by atoms with Crippen LogP contribution in [0.4, 0.5) is 4.79 Å². The lowest BCUT2D eigenvalue weighted by Crippen LogP contribution is -2.39. The summed E-state index contributed by atoms with van der Waals surface area (Å²) in [4.78, 5) is 71.4. The van der Waals surface area contributed by atoms with Crippen molar-refractivity contribution in [2.75, 3.05) is 26.7 Å². The molecule has 0 bridgehead atoms. The van der Waals surface area contributed by atoms with E-state index in [2.05, 4.69) is 5.32 Å². The molecule has 3 rings (SSSR count). The number of amides is 2. The van der Waals surface area contributed by atoms with Crippen LogP contribution in [0.1, 0.15) is 67.9 Å². The van der Waals surface area contributed by atoms with E-state index in [0.29, 0.717) is 44.2 Å². The third kappa shape index (κ3) is 6.87. The number of ether oxygens (including phenoxy) is 2. The average Bonchev–Trinajstić information content (AvgIpc) is 3.51. The number of hydrogen-bond acceptors (Lipinski definition) is 9. The Kier molecular flexibility index (Phi) is 9.10. The molecular formula is C26H34N2O10. The first-order valence-corrected chi connectivity index (χ1v) is 12.4. The molecule has 0 aromatic heterocycles. The van der Waals surface area contributed by atoms with Gasteiger partial charge < -0.3 is 24.8 Å². The number of nitrogens with one attached hydrogen (secondary N) is 1. The molecule has 2 aliphatic rings. The van der Waals surface area contributed by atoms with Crippen molar-refractivity contribution in [3.63, 3.8) is 0 Å². The molecule has 12 heteroatoms. The molecule has 1 saturated carbocycles. The molecule has 1 aromatic carbocycles. The Hall–Kier alpha value is -3.51. The molecule has 0 aliphatic heterocycles. The minimum atomic E-state index is -1.86. The normalized spacial score (nSPS) is 22.0. The van der Waals surface area contributed by atoms with E-state index < -0.39 is 47.7 Å². The van der Waals surface area contributed by atoms with E-state index in [1.165, 1.54) is 6.07 Å². The van der Waals surface area contributed by atoms with Crippen LogP contribution in [-0.2, 0) is 39.2 Å². The molecule has 1 unspecified atom stereocenters. The standard InChI is InChI=1S/C26H34N2O10/c1-25(2,3)37-24(34)28(4)13-16-8-10-17(11-9-16)36-23(33)26(38-35-14-21(31)32)19-7-5-6-18(22(19)26)20(30)12-27-15-29/h5-7,15-17H,8-14H2,1-4H3,(H,27,29)(H,31,32). The number of carbonyl (C=O) groups excluding carboxylic acids is 4. The van der Waals surface area contributed by atoms with Crippen molar-refractivity contribution in [1.82, 2.24) is 10.2 Å². The van der Waals surface area contributed by atoms with Crippen LogP contribution in [0.25, 0.3) is 0 Å². The van der Waals surface area contributed by atoms with Crippen LogP contribution in [0.2, 0.25) is 0 Å². The van der Waals surface area contributed by atoms with Crippen LogP contribution >= 0.6 is 0 Å². The Morgan fingerprint density at radius 3 is 2.45 bits per heavy atom. The number of benzene rings is 1. The van der Waals surface area contributed by atoms with E-state index in [1.54, 1.807) is 44.9 Å². The summed E-state index contributed by atoms with van der Waals surface area (Å²) in [5.41, 5.74) is -1.75. The molecule has 1 aromatic rings. The van der Waals surface area contributed by atoms with Gasteiger partial charge in [-0.25, -0.2) is 24.2 Å². The minimum absolute atomic E-state index is 0.140. The zero-order chi connectivity index (χ0) is 28.1. The maximum Gasteiger partial charge on any atom is 0.410 e. The average molecular weight is 535 g/mol. The van der Waals surface area contributed by atoms with E-state index in [-0.39, 0.29) is 23.6 Å². The Labute approximate surface area is 220 Å². The van der Waals surface area contributed by atoms with E-state index in [4.69, 9.17) is 24.4 Å². The Morgan fingerprint density at radius 1 is 1.16 bits per heavy atom. The van der Waals surface area contributed by atoms with E-state index >= 15 is 0 Å². The number of nitrogens with zero attached hydrogens (tertiary/aromatic N) is 1. The summed E-state index contributed by atoms with van der Waals surface area (Å²) in [5.74, 6) is -2.37. The molecule has 2 aliphatic carbocycles. The van der Waals surface area contributed by atoms with Gasteiger partial charge in [0.15, 0.2) is 12.4 Å². The number of carboxylic acid groups (broad SMARTS) is 1. The number of carbonyl (C=O) groups is 5. The number of ketones is 1. The zero-order valence-electron chi connectivity index (χ0n) is 22.0. The van der Waals surface area contributed by atoms with Crippen molar-refractivity contribution in [1.29, 1.82) is 0 Å². The quantitative estimate of drug-likeness (QED) is 0.134. The van der Waals surface area contributed by atoms with Crippen molar-refractivity contribution in [3.05, 3.63) is 34.9 Å². The fourth-order valence-electron chi connectivity index (χ4n) is 4.57. The number of rotatable bonds is 12. The van der Waals surface area contributed by atoms with Gasteiger partial charge in [0.25, 0.3) is 5.60 Å². The number of carboxylic acids is 1. The van der Waals surface area contributed by atoms with Crippen molar-refractivity contribution in [3.8, 4) is 0 Å². The third-order valence-electron chi connectivity index (χ3n) is 6.34. The Balaban J connectivity index is 1.64. The monoisotopic (exact) mass is 534 g/mol. The van der Waals surface area contributed by atoms with Crippen LogP contribution in [0, 0.1) is 5.92 Å². The van der Waals surface area contributed by atoms with Crippen molar-refractivity contribution in [2.45, 2.75) is 63.8 Å². The van der Waals surface area contributed by atoms with Crippen LogP contribution in [0.15, 0.2) is 18.2 Å². The van der Waals surface area contributed by atoms with Crippen molar-refractivity contribution >= 4 is 30.2 Å². The fraction of sp³-hybridized carbons (Fsp3) is 0.577. The lowest BCUT2D eigenvalue weighted by Gasteiger charge is -2.32. The van der Waals surface area contributed by atoms with Crippen LogP contribution in [0.5, 0.6) is 0 Å². The Morgan fingerprint density at radius 2 is 1.84 bits per heavy atom. The molecule has 1 fully saturated rings. The number of hydrogen-bond donors (Lipinski definition) is 2. The highest BCUT2D eigenvalue weighted by atomic mass is 17.2. The first kappa shape index (κ1) is 29.1. The summed E-state index contributed by atoms with van der Waals surface area (Å²) >= 11 is 0. The summed E-state index contributed by atoms with van der Waals surface area (Å²) in [7, 11) is 1.69. The lowest BCUT2D eigenvalue weighted by atomic mass is 9.87. The van der Waals surface area contributed by atoms with Gasteiger partial charge >= 0.3 is 18.0 Å². The smallest absolute Gasteiger partial charge is 0.410 e. The molecule has 0 radical (unpaired) electrons. The maximum atomic E-state index is 13.4. The van der Waals surface area contributed by atoms with Crippen LogP contribution < -0.4 is 5.32 Å². The van der Waals surface area contributed by atoms with E-state index in [1.807, 2.05) is 0 Å². The van der Waals surface area contributed by atoms with Gasteiger partial charge in [-0.3, -0.25) is 9.59 Å². The second-order valence-electron chi connectivity index (χ2n) is 10.5. The van der Waals surface area contributed by atoms with Gasteiger partial charge in [0, 0.05) is 30.3 Å². The van der Waals surface area contributed by atoms with Gasteiger partial charge in [-0.1, -0.05) is 18.2 Å². The summed E-state index contributed by atoms with van der Waals surface area (Å²) in [5, 5.41) is 11.2. The molecule has 38 heavy (non-hydrogen) atoms. The van der Waals surface area contributed by atoms with E-state index in [9.17, 15) is 24.0 Å². The first-order chi connectivity index (χ1) is 17.9. The highest BCUT2D eigenvalue weighted by molar-refractivity contribution is 6.07. The summed E-state index contributed by atoms with van der Waals surface area (Å²) in [6, 6.07) is 4.60. The molecule has 208 valence electrons. The molecular weight excluding hydrogens is 500 g/mol. The largest absolute Gasteiger partial charge is 0.479 e. The molecule has 0 heterocycles. The molecule has 0 spiro atoms. The topological polar surface area (TPSA) is 158 Å². The number of fused-ring (bicyclic) bond motifs is 1. The fourth-order valence-corrected chi connectivity index (χ4v) is 4.57. The second-order valence-corrected chi connectivity index (χ2v) is 10.5. The number of Topliss-reactive ketones (excluding diaryl/α,β-unsaturated/α-hetero) is 1. The highest BCUT2D eigenvalue weighted by Gasteiger charge is 2.64. The third-order valence-corrected chi connectivity index (χ3v) is 6.34. The summed E-state index contributed by atoms with van der Waals surface area (Å²) < 4.78 is 11.2. The van der Waals surface area contributed by atoms with Gasteiger partial charge in [-0.05, 0) is 52.4 Å². The summed E-state index contributed by atoms with van der Waals surface area (Å²) in [6.07, 6.45) is 2.08. The minimum Gasteiger partial charge on any atom is -0.479 e. The first-order valence-electron chi connectivity index (χ1n) is 12.4. The van der Waals surface area contributed by atoms with Gasteiger partial charge in [-0.2, -0.15) is 0 Å². The second kappa shape index (κ2) is 11.9. The Bertz CT molecular complexity index is 1070. The van der Waals surface area contributed by atoms with Gasteiger partial charge in [-0.15, -0.1) is 0 Å². The molecule has 2 amide bonds. The van der Waals surface area contributed by atoms with Crippen LogP contribution in [0.3, 0.4) is 0 Å². The highest BCUT2D eigenvalue weighted by Crippen LogP contribution is 2.54. The predicted molar refractivity (Wildman–Crippen MR) is 131 cm³/mol. The zero-order valence-corrected chi connectivity index (χ0v) is 22.0. The summed E-state index contributed by atoms with van der Waals surface area (Å²) in [6.45, 7) is 4.82. The van der Waals surface area contributed by atoms with Gasteiger partial charge in [0.1, 0.15) is 11.7 Å². The predicted octanol–water partition coefficient (Wildman–Crippen LogP) is 2.17. The van der Waals surface area contributed by atoms with Gasteiger partial charge in [0.2, 0.25) is 6.41 Å².